The molecule has 0 fully saturated rings. The summed E-state index contributed by atoms with van der Waals surface area (Å²) in [6.45, 7) is 4.67. The van der Waals surface area contributed by atoms with Gasteiger partial charge >= 0.3 is 0 Å². The minimum atomic E-state index is -3.55. The molecule has 0 bridgehead atoms. The standard InChI is InChI=1S/C17H21N3O2S/c1-2-10-20-13-18-12-14-8-9-15(11-17(14)20)19-23(21,22)16-6-4-3-5-7-16/h3-9,11,18-19H,2,10,12-13H2,1H3. The molecule has 2 aromatic rings. The molecule has 0 spiro atoms. The van der Waals surface area contributed by atoms with Gasteiger partial charge in [0.25, 0.3) is 10.0 Å². The second kappa shape index (κ2) is 6.60. The zero-order chi connectivity index (χ0) is 16.3. The number of anilines is 2. The van der Waals surface area contributed by atoms with Crippen LogP contribution in [0.4, 0.5) is 11.4 Å². The Morgan fingerprint density at radius 2 is 1.96 bits per heavy atom. The Balaban J connectivity index is 1.89. The minimum Gasteiger partial charge on any atom is -0.358 e. The summed E-state index contributed by atoms with van der Waals surface area (Å²) in [5.74, 6) is 0. The van der Waals surface area contributed by atoms with Crippen molar-refractivity contribution in [2.45, 2.75) is 24.8 Å². The zero-order valence-corrected chi connectivity index (χ0v) is 13.9. The lowest BCUT2D eigenvalue weighted by atomic mass is 10.1. The molecule has 1 aliphatic heterocycles. The molecule has 0 saturated heterocycles. The molecule has 0 saturated carbocycles. The molecule has 0 unspecified atom stereocenters. The van der Waals surface area contributed by atoms with E-state index in [-0.39, 0.29) is 4.90 Å². The molecular formula is C17H21N3O2S. The number of hydrogen-bond donors (Lipinski definition) is 2. The maximum Gasteiger partial charge on any atom is 0.261 e. The second-order valence-electron chi connectivity index (χ2n) is 5.61. The van der Waals surface area contributed by atoms with Crippen LogP contribution in [0.3, 0.4) is 0 Å². The van der Waals surface area contributed by atoms with Crippen LogP contribution in [-0.2, 0) is 16.6 Å². The van der Waals surface area contributed by atoms with Gasteiger partial charge in [-0.15, -0.1) is 0 Å². The highest BCUT2D eigenvalue weighted by molar-refractivity contribution is 7.92. The Morgan fingerprint density at radius 1 is 1.17 bits per heavy atom. The van der Waals surface area contributed by atoms with Crippen LogP contribution >= 0.6 is 0 Å². The molecule has 0 atom stereocenters. The predicted octanol–water partition coefficient (Wildman–Crippen LogP) is 2.76. The van der Waals surface area contributed by atoms with E-state index in [1.165, 1.54) is 5.56 Å². The Bertz CT molecular complexity index is 776. The van der Waals surface area contributed by atoms with Crippen molar-refractivity contribution in [1.29, 1.82) is 0 Å². The summed E-state index contributed by atoms with van der Waals surface area (Å²) in [6, 6.07) is 14.1. The number of nitrogens with zero attached hydrogens (tertiary/aromatic N) is 1. The minimum absolute atomic E-state index is 0.268. The zero-order valence-electron chi connectivity index (χ0n) is 13.1. The molecular weight excluding hydrogens is 310 g/mol. The van der Waals surface area contributed by atoms with E-state index in [0.717, 1.165) is 31.9 Å². The summed E-state index contributed by atoms with van der Waals surface area (Å²) >= 11 is 0. The molecule has 1 heterocycles. The van der Waals surface area contributed by atoms with Crippen LogP contribution in [-0.4, -0.2) is 21.6 Å². The van der Waals surface area contributed by atoms with Crippen molar-refractivity contribution in [1.82, 2.24) is 5.32 Å². The fourth-order valence-electron chi connectivity index (χ4n) is 2.77. The fraction of sp³-hybridized carbons (Fsp3) is 0.294. The van der Waals surface area contributed by atoms with Crippen LogP contribution in [0.1, 0.15) is 18.9 Å². The highest BCUT2D eigenvalue weighted by Gasteiger charge is 2.18. The molecule has 3 rings (SSSR count). The van der Waals surface area contributed by atoms with Gasteiger partial charge in [-0.25, -0.2) is 8.42 Å². The quantitative estimate of drug-likeness (QED) is 0.884. The second-order valence-corrected chi connectivity index (χ2v) is 7.29. The van der Waals surface area contributed by atoms with E-state index in [1.54, 1.807) is 30.3 Å². The first kappa shape index (κ1) is 15.8. The number of hydrogen-bond acceptors (Lipinski definition) is 4. The molecule has 5 nitrogen and oxygen atoms in total. The lowest BCUT2D eigenvalue weighted by Crippen LogP contribution is -2.39. The number of rotatable bonds is 5. The molecule has 2 aromatic carbocycles. The number of nitrogens with one attached hydrogen (secondary N) is 2. The average molecular weight is 331 g/mol. The first-order valence-electron chi connectivity index (χ1n) is 7.76. The van der Waals surface area contributed by atoms with Crippen molar-refractivity contribution in [3.8, 4) is 0 Å². The molecule has 0 amide bonds. The van der Waals surface area contributed by atoms with Gasteiger partial charge in [-0.05, 0) is 36.2 Å². The highest BCUT2D eigenvalue weighted by Crippen LogP contribution is 2.28. The first-order valence-corrected chi connectivity index (χ1v) is 9.25. The summed E-state index contributed by atoms with van der Waals surface area (Å²) < 4.78 is 27.6. The van der Waals surface area contributed by atoms with Crippen molar-refractivity contribution < 1.29 is 8.42 Å². The van der Waals surface area contributed by atoms with Gasteiger partial charge in [0.2, 0.25) is 0 Å². The normalized spacial score (nSPS) is 14.4. The van der Waals surface area contributed by atoms with Gasteiger partial charge in [0.1, 0.15) is 0 Å². The van der Waals surface area contributed by atoms with Gasteiger partial charge in [0, 0.05) is 18.8 Å². The van der Waals surface area contributed by atoms with Gasteiger partial charge in [0.05, 0.1) is 17.3 Å². The molecule has 6 heteroatoms. The van der Waals surface area contributed by atoms with Crippen molar-refractivity contribution in [3.63, 3.8) is 0 Å². The van der Waals surface area contributed by atoms with Gasteiger partial charge in [0.15, 0.2) is 0 Å². The van der Waals surface area contributed by atoms with Crippen molar-refractivity contribution in [2.75, 3.05) is 22.8 Å². The lowest BCUT2D eigenvalue weighted by molar-refractivity contribution is 0.601. The van der Waals surface area contributed by atoms with Crippen LogP contribution in [0, 0.1) is 0 Å². The van der Waals surface area contributed by atoms with E-state index in [4.69, 9.17) is 0 Å². The van der Waals surface area contributed by atoms with Crippen LogP contribution in [0.25, 0.3) is 0 Å². The summed E-state index contributed by atoms with van der Waals surface area (Å²) in [4.78, 5) is 2.50. The largest absolute Gasteiger partial charge is 0.358 e. The average Bonchev–Trinajstić information content (AvgIpc) is 2.56. The van der Waals surface area contributed by atoms with E-state index in [1.807, 2.05) is 18.2 Å². The SMILES string of the molecule is CCCN1CNCc2ccc(NS(=O)(=O)c3ccccc3)cc21. The van der Waals surface area contributed by atoms with E-state index in [2.05, 4.69) is 21.9 Å². The molecule has 1 aliphatic rings. The van der Waals surface area contributed by atoms with E-state index in [9.17, 15) is 8.42 Å². The Kier molecular flexibility index (Phi) is 4.54. The van der Waals surface area contributed by atoms with E-state index >= 15 is 0 Å². The highest BCUT2D eigenvalue weighted by atomic mass is 32.2. The van der Waals surface area contributed by atoms with Crippen molar-refractivity contribution in [3.05, 3.63) is 54.1 Å². The third-order valence-electron chi connectivity index (χ3n) is 3.84. The van der Waals surface area contributed by atoms with Crippen LogP contribution in [0.5, 0.6) is 0 Å². The molecule has 0 radical (unpaired) electrons. The predicted molar refractivity (Wildman–Crippen MR) is 93.0 cm³/mol. The topological polar surface area (TPSA) is 61.4 Å². The van der Waals surface area contributed by atoms with Crippen LogP contribution in [0.2, 0.25) is 0 Å². The Labute approximate surface area is 137 Å². The van der Waals surface area contributed by atoms with Crippen molar-refractivity contribution >= 4 is 21.4 Å². The van der Waals surface area contributed by atoms with Crippen LogP contribution in [0.15, 0.2) is 53.4 Å². The summed E-state index contributed by atoms with van der Waals surface area (Å²) in [6.07, 6.45) is 1.04. The van der Waals surface area contributed by atoms with Gasteiger partial charge in [-0.3, -0.25) is 10.0 Å². The van der Waals surface area contributed by atoms with E-state index in [0.29, 0.717) is 5.69 Å². The number of benzene rings is 2. The maximum absolute atomic E-state index is 12.4. The van der Waals surface area contributed by atoms with Crippen LogP contribution < -0.4 is 14.9 Å². The third-order valence-corrected chi connectivity index (χ3v) is 5.24. The molecule has 122 valence electrons. The first-order chi connectivity index (χ1) is 11.1. The Hall–Kier alpha value is -2.05. The van der Waals surface area contributed by atoms with Gasteiger partial charge in [-0.1, -0.05) is 31.2 Å². The summed E-state index contributed by atoms with van der Waals surface area (Å²) in [5, 5.41) is 3.36. The Morgan fingerprint density at radius 3 is 2.70 bits per heavy atom. The maximum atomic E-state index is 12.4. The third kappa shape index (κ3) is 3.48. The van der Waals surface area contributed by atoms with Gasteiger partial charge < -0.3 is 4.90 Å². The smallest absolute Gasteiger partial charge is 0.261 e. The lowest BCUT2D eigenvalue weighted by Gasteiger charge is -2.32. The molecule has 23 heavy (non-hydrogen) atoms. The number of fused-ring (bicyclic) bond motifs is 1. The number of sulfonamides is 1. The van der Waals surface area contributed by atoms with E-state index < -0.39 is 10.0 Å². The summed E-state index contributed by atoms with van der Waals surface area (Å²) in [5.41, 5.74) is 2.88. The van der Waals surface area contributed by atoms with Gasteiger partial charge in [-0.2, -0.15) is 0 Å². The summed E-state index contributed by atoms with van der Waals surface area (Å²) in [7, 11) is -3.55. The molecule has 0 aliphatic carbocycles. The molecule has 2 N–H and O–H groups in total. The fourth-order valence-corrected chi connectivity index (χ4v) is 3.84. The molecule has 0 aromatic heterocycles. The monoisotopic (exact) mass is 331 g/mol. The van der Waals surface area contributed by atoms with Crippen molar-refractivity contribution in [2.24, 2.45) is 0 Å².